The quantitative estimate of drug-likeness (QED) is 0.911. The molecule has 120 valence electrons. The number of rotatable bonds is 4. The summed E-state index contributed by atoms with van der Waals surface area (Å²) in [7, 11) is 2.12. The van der Waals surface area contributed by atoms with Crippen molar-refractivity contribution in [2.75, 3.05) is 30.4 Å². The number of nitrogens with one attached hydrogen (secondary N) is 2. The van der Waals surface area contributed by atoms with Crippen LogP contribution in [0, 0.1) is 0 Å². The first-order valence-corrected chi connectivity index (χ1v) is 7.99. The number of aromatic nitrogens is 1. The molecule has 3 rings (SSSR count). The number of pyridine rings is 1. The van der Waals surface area contributed by atoms with Crippen molar-refractivity contribution in [1.82, 2.24) is 10.3 Å². The number of piperidine rings is 1. The molecule has 0 aliphatic carbocycles. The van der Waals surface area contributed by atoms with Gasteiger partial charge in [-0.05, 0) is 56.3 Å². The van der Waals surface area contributed by atoms with Gasteiger partial charge in [-0.2, -0.15) is 0 Å². The Bertz CT molecular complexity index is 653. The van der Waals surface area contributed by atoms with Crippen LogP contribution in [0.5, 0.6) is 0 Å². The van der Waals surface area contributed by atoms with Gasteiger partial charge in [0.1, 0.15) is 0 Å². The van der Waals surface area contributed by atoms with E-state index < -0.39 is 0 Å². The zero-order valence-electron chi connectivity index (χ0n) is 13.3. The van der Waals surface area contributed by atoms with E-state index in [4.69, 9.17) is 0 Å². The summed E-state index contributed by atoms with van der Waals surface area (Å²) in [4.78, 5) is 18.5. The minimum Gasteiger partial charge on any atom is -0.371 e. The SMILES string of the molecule is CN(c1cccc(NC(=O)c2ccncc2)c1)C1CCNCC1. The molecule has 0 unspecified atom stereocenters. The maximum atomic E-state index is 12.2. The van der Waals surface area contributed by atoms with E-state index in [1.807, 2.05) is 18.2 Å². The summed E-state index contributed by atoms with van der Waals surface area (Å²) in [6.45, 7) is 2.13. The molecule has 1 aromatic carbocycles. The molecule has 1 saturated heterocycles. The molecule has 0 bridgehead atoms. The maximum Gasteiger partial charge on any atom is 0.255 e. The van der Waals surface area contributed by atoms with Crippen molar-refractivity contribution in [2.45, 2.75) is 18.9 Å². The Morgan fingerprint density at radius 3 is 2.70 bits per heavy atom. The zero-order chi connectivity index (χ0) is 16.1. The Hall–Kier alpha value is -2.40. The first-order chi connectivity index (χ1) is 11.2. The molecule has 0 saturated carbocycles. The van der Waals surface area contributed by atoms with Crippen molar-refractivity contribution in [3.8, 4) is 0 Å². The molecule has 1 aromatic heterocycles. The number of nitrogens with zero attached hydrogens (tertiary/aromatic N) is 2. The van der Waals surface area contributed by atoms with Gasteiger partial charge in [-0.25, -0.2) is 0 Å². The lowest BCUT2D eigenvalue weighted by atomic mass is 10.0. The summed E-state index contributed by atoms with van der Waals surface area (Å²) in [6, 6.07) is 12.0. The van der Waals surface area contributed by atoms with Crippen molar-refractivity contribution in [2.24, 2.45) is 0 Å². The van der Waals surface area contributed by atoms with E-state index in [1.165, 1.54) is 0 Å². The van der Waals surface area contributed by atoms with Crippen molar-refractivity contribution < 1.29 is 4.79 Å². The average molecular weight is 310 g/mol. The Kier molecular flexibility index (Phi) is 4.88. The van der Waals surface area contributed by atoms with Crippen LogP contribution in [0.3, 0.4) is 0 Å². The second-order valence-electron chi connectivity index (χ2n) is 5.83. The van der Waals surface area contributed by atoms with Crippen LogP contribution in [0.2, 0.25) is 0 Å². The number of anilines is 2. The third-order valence-electron chi connectivity index (χ3n) is 4.31. The molecule has 1 aliphatic heterocycles. The predicted molar refractivity (Wildman–Crippen MR) is 92.9 cm³/mol. The van der Waals surface area contributed by atoms with E-state index in [0.717, 1.165) is 37.3 Å². The van der Waals surface area contributed by atoms with Crippen LogP contribution in [-0.4, -0.2) is 37.1 Å². The lowest BCUT2D eigenvalue weighted by molar-refractivity contribution is 0.102. The fourth-order valence-corrected chi connectivity index (χ4v) is 2.91. The van der Waals surface area contributed by atoms with Gasteiger partial charge in [0, 0.05) is 42.4 Å². The van der Waals surface area contributed by atoms with Crippen molar-refractivity contribution >= 4 is 17.3 Å². The highest BCUT2D eigenvalue weighted by Crippen LogP contribution is 2.23. The van der Waals surface area contributed by atoms with E-state index >= 15 is 0 Å². The molecule has 23 heavy (non-hydrogen) atoms. The van der Waals surface area contributed by atoms with Gasteiger partial charge in [0.2, 0.25) is 0 Å². The highest BCUT2D eigenvalue weighted by Gasteiger charge is 2.18. The smallest absolute Gasteiger partial charge is 0.255 e. The molecule has 0 radical (unpaired) electrons. The van der Waals surface area contributed by atoms with Gasteiger partial charge in [-0.15, -0.1) is 0 Å². The molecule has 2 N–H and O–H groups in total. The molecule has 5 nitrogen and oxygen atoms in total. The molecule has 0 spiro atoms. The molecule has 0 atom stereocenters. The molecule has 1 aliphatic rings. The molecular weight excluding hydrogens is 288 g/mol. The minimum atomic E-state index is -0.117. The number of hydrogen-bond acceptors (Lipinski definition) is 4. The van der Waals surface area contributed by atoms with Crippen LogP contribution >= 0.6 is 0 Å². The second-order valence-corrected chi connectivity index (χ2v) is 5.83. The highest BCUT2D eigenvalue weighted by atomic mass is 16.1. The van der Waals surface area contributed by atoms with E-state index in [0.29, 0.717) is 11.6 Å². The van der Waals surface area contributed by atoms with Crippen LogP contribution in [0.4, 0.5) is 11.4 Å². The van der Waals surface area contributed by atoms with E-state index in [2.05, 4.69) is 33.6 Å². The standard InChI is InChI=1S/C18H22N4O/c1-22(16-7-11-20-12-8-16)17-4-2-3-15(13-17)21-18(23)14-5-9-19-10-6-14/h2-6,9-10,13,16,20H,7-8,11-12H2,1H3,(H,21,23). The molecule has 1 fully saturated rings. The van der Waals surface area contributed by atoms with Crippen LogP contribution < -0.4 is 15.5 Å². The minimum absolute atomic E-state index is 0.117. The van der Waals surface area contributed by atoms with Crippen LogP contribution in [-0.2, 0) is 0 Å². The summed E-state index contributed by atoms with van der Waals surface area (Å²) in [5.41, 5.74) is 2.55. The van der Waals surface area contributed by atoms with Crippen molar-refractivity contribution in [1.29, 1.82) is 0 Å². The van der Waals surface area contributed by atoms with Crippen LogP contribution in [0.25, 0.3) is 0 Å². The Morgan fingerprint density at radius 2 is 1.96 bits per heavy atom. The van der Waals surface area contributed by atoms with E-state index in [9.17, 15) is 4.79 Å². The number of carbonyl (C=O) groups excluding carboxylic acids is 1. The highest BCUT2D eigenvalue weighted by molar-refractivity contribution is 6.04. The summed E-state index contributed by atoms with van der Waals surface area (Å²) < 4.78 is 0. The fraction of sp³-hybridized carbons (Fsp3) is 0.333. The molecule has 5 heteroatoms. The second kappa shape index (κ2) is 7.24. The Morgan fingerprint density at radius 1 is 1.22 bits per heavy atom. The summed E-state index contributed by atoms with van der Waals surface area (Å²) >= 11 is 0. The summed E-state index contributed by atoms with van der Waals surface area (Å²) in [5.74, 6) is -0.117. The van der Waals surface area contributed by atoms with Crippen molar-refractivity contribution in [3.05, 3.63) is 54.4 Å². The first kappa shape index (κ1) is 15.5. The van der Waals surface area contributed by atoms with E-state index in [1.54, 1.807) is 24.5 Å². The topological polar surface area (TPSA) is 57.3 Å². The van der Waals surface area contributed by atoms with Gasteiger partial charge >= 0.3 is 0 Å². The van der Waals surface area contributed by atoms with Gasteiger partial charge < -0.3 is 15.5 Å². The van der Waals surface area contributed by atoms with Gasteiger partial charge in [-0.1, -0.05) is 6.07 Å². The number of amides is 1. The van der Waals surface area contributed by atoms with Gasteiger partial charge in [0.15, 0.2) is 0 Å². The van der Waals surface area contributed by atoms with Crippen molar-refractivity contribution in [3.63, 3.8) is 0 Å². The van der Waals surface area contributed by atoms with Crippen LogP contribution in [0.15, 0.2) is 48.8 Å². The number of carbonyl (C=O) groups is 1. The van der Waals surface area contributed by atoms with E-state index in [-0.39, 0.29) is 5.91 Å². The predicted octanol–water partition coefficient (Wildman–Crippen LogP) is 2.52. The largest absolute Gasteiger partial charge is 0.371 e. The average Bonchev–Trinajstić information content (AvgIpc) is 2.63. The molecule has 1 amide bonds. The van der Waals surface area contributed by atoms with Gasteiger partial charge in [0.25, 0.3) is 5.91 Å². The lowest BCUT2D eigenvalue weighted by Crippen LogP contribution is -2.41. The number of benzene rings is 1. The molecular formula is C18H22N4O. The summed E-state index contributed by atoms with van der Waals surface area (Å²) in [5, 5.41) is 6.34. The Labute approximate surface area is 136 Å². The third-order valence-corrected chi connectivity index (χ3v) is 4.31. The van der Waals surface area contributed by atoms with Gasteiger partial charge in [-0.3, -0.25) is 9.78 Å². The zero-order valence-corrected chi connectivity index (χ0v) is 13.3. The molecule has 2 heterocycles. The monoisotopic (exact) mass is 310 g/mol. The van der Waals surface area contributed by atoms with Gasteiger partial charge in [0.05, 0.1) is 0 Å². The number of hydrogen-bond donors (Lipinski definition) is 2. The fourth-order valence-electron chi connectivity index (χ4n) is 2.91. The summed E-state index contributed by atoms with van der Waals surface area (Å²) in [6.07, 6.45) is 5.53. The lowest BCUT2D eigenvalue weighted by Gasteiger charge is -2.33. The third kappa shape index (κ3) is 3.87. The normalized spacial score (nSPS) is 15.2. The maximum absolute atomic E-state index is 12.2. The molecule has 2 aromatic rings. The van der Waals surface area contributed by atoms with Crippen LogP contribution in [0.1, 0.15) is 23.2 Å². The first-order valence-electron chi connectivity index (χ1n) is 7.99. The Balaban J connectivity index is 1.71.